The van der Waals surface area contributed by atoms with E-state index in [1.54, 1.807) is 0 Å². The molecule has 0 unspecified atom stereocenters. The Balaban J connectivity index is 3.82. The summed E-state index contributed by atoms with van der Waals surface area (Å²) in [6.07, 6.45) is 5.61. The molecular weight excluding hydrogens is 288 g/mol. The van der Waals surface area contributed by atoms with E-state index >= 15 is 0 Å². The summed E-state index contributed by atoms with van der Waals surface area (Å²) in [6, 6.07) is 0. The Labute approximate surface area is 139 Å². The molecule has 0 aliphatic rings. The van der Waals surface area contributed by atoms with E-state index in [0.717, 1.165) is 12.8 Å². The third-order valence-electron chi connectivity index (χ3n) is 2.71. The van der Waals surface area contributed by atoms with Gasteiger partial charge in [0.2, 0.25) is 0 Å². The predicted molar refractivity (Wildman–Crippen MR) is 92.0 cm³/mol. The Morgan fingerprint density at radius 1 is 0.957 bits per heavy atom. The van der Waals surface area contributed by atoms with Crippen LogP contribution in [0.2, 0.25) is 0 Å². The van der Waals surface area contributed by atoms with Crippen LogP contribution < -0.4 is 0 Å². The molecule has 0 radical (unpaired) electrons. The molecule has 0 rings (SSSR count). The van der Waals surface area contributed by atoms with Gasteiger partial charge in [-0.3, -0.25) is 4.79 Å². The smallest absolute Gasteiger partial charge is 0.303 e. The van der Waals surface area contributed by atoms with Gasteiger partial charge in [-0.25, -0.2) is 0 Å². The Morgan fingerprint density at radius 2 is 1.70 bits per heavy atom. The van der Waals surface area contributed by atoms with Crippen molar-refractivity contribution in [3.05, 3.63) is 0 Å². The Hall–Kier alpha value is -2.33. The van der Waals surface area contributed by atoms with Gasteiger partial charge < -0.3 is 10.2 Å². The van der Waals surface area contributed by atoms with Crippen LogP contribution in [0.4, 0.5) is 0 Å². The van der Waals surface area contributed by atoms with Gasteiger partial charge in [0, 0.05) is 25.7 Å². The van der Waals surface area contributed by atoms with Crippen molar-refractivity contribution >= 4 is 5.97 Å². The number of unbranched alkanes of at least 4 members (excludes halogenated alkanes) is 4. The topological polar surface area (TPSA) is 57.5 Å². The van der Waals surface area contributed by atoms with Crippen molar-refractivity contribution in [1.29, 1.82) is 0 Å². The molecule has 0 aliphatic heterocycles. The highest BCUT2D eigenvalue weighted by Crippen LogP contribution is 1.97. The first-order chi connectivity index (χ1) is 11.2. The van der Waals surface area contributed by atoms with Gasteiger partial charge in [-0.1, -0.05) is 43.4 Å². The number of hydrogen-bond donors (Lipinski definition) is 2. The van der Waals surface area contributed by atoms with Crippen LogP contribution in [-0.2, 0) is 4.79 Å². The number of hydrogen-bond acceptors (Lipinski definition) is 2. The molecular formula is C20H24O3. The van der Waals surface area contributed by atoms with E-state index in [2.05, 4.69) is 54.3 Å². The first kappa shape index (κ1) is 20.7. The molecule has 0 heterocycles. The quantitative estimate of drug-likeness (QED) is 0.561. The summed E-state index contributed by atoms with van der Waals surface area (Å²) in [5, 5.41) is 18.0. The number of carbonyl (C=O) groups is 1. The molecule has 122 valence electrons. The van der Waals surface area contributed by atoms with Crippen LogP contribution in [0.5, 0.6) is 0 Å². The number of aliphatic carboxylic acids is 1. The first-order valence-corrected chi connectivity index (χ1v) is 7.96. The second-order valence-corrected chi connectivity index (χ2v) is 4.88. The maximum atomic E-state index is 10.3. The summed E-state index contributed by atoms with van der Waals surface area (Å²) in [5.74, 6) is 21.4. The number of aliphatic hydroxyl groups is 1. The number of carboxylic acids is 1. The molecule has 0 aliphatic carbocycles. The molecule has 0 saturated heterocycles. The lowest BCUT2D eigenvalue weighted by Gasteiger charge is -1.93. The van der Waals surface area contributed by atoms with Crippen LogP contribution in [0, 0.1) is 47.4 Å². The van der Waals surface area contributed by atoms with E-state index in [1.165, 1.54) is 12.8 Å². The molecule has 0 aromatic carbocycles. The van der Waals surface area contributed by atoms with E-state index in [-0.39, 0.29) is 6.42 Å². The van der Waals surface area contributed by atoms with E-state index in [1.807, 2.05) is 0 Å². The van der Waals surface area contributed by atoms with Crippen LogP contribution in [-0.4, -0.2) is 22.3 Å². The normalized spacial score (nSPS) is 9.65. The fourth-order valence-electron chi connectivity index (χ4n) is 1.50. The average Bonchev–Trinajstić information content (AvgIpc) is 2.52. The van der Waals surface area contributed by atoms with E-state index in [9.17, 15) is 9.90 Å². The summed E-state index contributed by atoms with van der Waals surface area (Å²) in [6.45, 7) is 2.15. The lowest BCUT2D eigenvalue weighted by atomic mass is 10.2. The van der Waals surface area contributed by atoms with Gasteiger partial charge in [0.1, 0.15) is 6.10 Å². The van der Waals surface area contributed by atoms with Crippen molar-refractivity contribution in [3.63, 3.8) is 0 Å². The Kier molecular flexibility index (Phi) is 14.4. The molecule has 3 nitrogen and oxygen atoms in total. The largest absolute Gasteiger partial charge is 0.481 e. The fraction of sp³-hybridized carbons (Fsp3) is 0.550. The highest BCUT2D eigenvalue weighted by molar-refractivity contribution is 5.66. The molecule has 2 N–H and O–H groups in total. The van der Waals surface area contributed by atoms with Crippen LogP contribution in [0.1, 0.15) is 64.7 Å². The first-order valence-electron chi connectivity index (χ1n) is 7.96. The summed E-state index contributed by atoms with van der Waals surface area (Å²) < 4.78 is 0. The van der Waals surface area contributed by atoms with Gasteiger partial charge in [0.25, 0.3) is 0 Å². The number of aliphatic hydroxyl groups excluding tert-OH is 1. The van der Waals surface area contributed by atoms with Crippen LogP contribution in [0.3, 0.4) is 0 Å². The molecule has 3 heteroatoms. The zero-order valence-corrected chi connectivity index (χ0v) is 13.7. The average molecular weight is 312 g/mol. The molecule has 0 spiro atoms. The third kappa shape index (κ3) is 17.6. The van der Waals surface area contributed by atoms with Crippen LogP contribution in [0.25, 0.3) is 0 Å². The molecule has 0 amide bonds. The van der Waals surface area contributed by atoms with Gasteiger partial charge >= 0.3 is 5.97 Å². The van der Waals surface area contributed by atoms with E-state index in [0.29, 0.717) is 25.7 Å². The molecule has 0 saturated carbocycles. The fourth-order valence-corrected chi connectivity index (χ4v) is 1.50. The van der Waals surface area contributed by atoms with Crippen molar-refractivity contribution in [3.8, 4) is 47.4 Å². The van der Waals surface area contributed by atoms with Gasteiger partial charge in [-0.15, -0.1) is 11.8 Å². The monoisotopic (exact) mass is 312 g/mol. The zero-order chi connectivity index (χ0) is 17.2. The van der Waals surface area contributed by atoms with Crippen LogP contribution >= 0.6 is 0 Å². The summed E-state index contributed by atoms with van der Waals surface area (Å²) in [4.78, 5) is 10.3. The van der Waals surface area contributed by atoms with Gasteiger partial charge in [-0.2, -0.15) is 0 Å². The summed E-state index contributed by atoms with van der Waals surface area (Å²) in [5.41, 5.74) is 0. The SMILES string of the molecule is CCCCCC#CC[C@H](O)C#CC#CCC#CCCCC(=O)O. The maximum absolute atomic E-state index is 10.3. The minimum Gasteiger partial charge on any atom is -0.481 e. The van der Waals surface area contributed by atoms with Crippen molar-refractivity contribution in [2.75, 3.05) is 0 Å². The Morgan fingerprint density at radius 3 is 2.43 bits per heavy atom. The van der Waals surface area contributed by atoms with Crippen molar-refractivity contribution in [1.82, 2.24) is 0 Å². The standard InChI is InChI=1S/C20H24O3/c1-2-3-4-5-10-13-16-19(21)17-14-11-8-6-7-9-12-15-18-20(22)23/h19,21H,2-6,12,15-16,18H2,1H3,(H,22,23)/t19-/m0/s1. The number of rotatable bonds is 7. The zero-order valence-electron chi connectivity index (χ0n) is 13.7. The number of carboxylic acid groups (broad SMARTS) is 1. The second-order valence-electron chi connectivity index (χ2n) is 4.88. The van der Waals surface area contributed by atoms with Crippen LogP contribution in [0.15, 0.2) is 0 Å². The summed E-state index contributed by atoms with van der Waals surface area (Å²) >= 11 is 0. The molecule has 0 fully saturated rings. The van der Waals surface area contributed by atoms with Gasteiger partial charge in [0.05, 0.1) is 6.42 Å². The predicted octanol–water partition coefficient (Wildman–Crippen LogP) is 2.98. The summed E-state index contributed by atoms with van der Waals surface area (Å²) in [7, 11) is 0. The van der Waals surface area contributed by atoms with Crippen molar-refractivity contribution in [2.45, 2.75) is 70.8 Å². The molecule has 0 bridgehead atoms. The van der Waals surface area contributed by atoms with Gasteiger partial charge in [0.15, 0.2) is 0 Å². The maximum Gasteiger partial charge on any atom is 0.303 e. The molecule has 23 heavy (non-hydrogen) atoms. The molecule has 1 atom stereocenters. The van der Waals surface area contributed by atoms with Gasteiger partial charge in [-0.05, 0) is 24.7 Å². The minimum absolute atomic E-state index is 0.144. The molecule has 0 aromatic rings. The highest BCUT2D eigenvalue weighted by Gasteiger charge is 1.93. The van der Waals surface area contributed by atoms with E-state index < -0.39 is 12.1 Å². The highest BCUT2D eigenvalue weighted by atomic mass is 16.4. The van der Waals surface area contributed by atoms with E-state index in [4.69, 9.17) is 5.11 Å². The minimum atomic E-state index is -0.800. The Bertz CT molecular complexity index is 573. The van der Waals surface area contributed by atoms with Crippen molar-refractivity contribution in [2.24, 2.45) is 0 Å². The lowest BCUT2D eigenvalue weighted by molar-refractivity contribution is -0.137. The molecule has 0 aromatic heterocycles. The lowest BCUT2D eigenvalue weighted by Crippen LogP contribution is -2.00. The third-order valence-corrected chi connectivity index (χ3v) is 2.71. The second kappa shape index (κ2) is 16.0. The van der Waals surface area contributed by atoms with Crippen molar-refractivity contribution < 1.29 is 15.0 Å².